The summed E-state index contributed by atoms with van der Waals surface area (Å²) in [6, 6.07) is 46.5. The van der Waals surface area contributed by atoms with Gasteiger partial charge in [0.2, 0.25) is 0 Å². The fraction of sp³-hybridized carbons (Fsp3) is 0.140. The van der Waals surface area contributed by atoms with Crippen LogP contribution in [0.3, 0.4) is 0 Å². The predicted octanol–water partition coefficient (Wildman–Crippen LogP) is 9.12. The highest BCUT2D eigenvalue weighted by Gasteiger charge is 2.30. The molecule has 8 rings (SSSR count). The Morgan fingerprint density at radius 1 is 0.638 bits per heavy atom. The average molecular weight is 626 g/mol. The minimum absolute atomic E-state index is 0.0544. The molecular weight excluding hydrogens is 587 g/mol. The molecule has 47 heavy (non-hydrogen) atoms. The summed E-state index contributed by atoms with van der Waals surface area (Å²) in [5.41, 5.74) is 7.36. The molecule has 1 aliphatic heterocycles. The minimum Gasteiger partial charge on any atom is -0.350 e. The molecule has 0 aromatic heterocycles. The van der Waals surface area contributed by atoms with E-state index in [1.807, 2.05) is 0 Å². The van der Waals surface area contributed by atoms with Crippen molar-refractivity contribution in [3.8, 4) is 22.3 Å². The second kappa shape index (κ2) is 12.6. The Morgan fingerprint density at radius 2 is 1.34 bits per heavy atom. The smallest absolute Gasteiger partial charge is 0.132 e. The van der Waals surface area contributed by atoms with Crippen LogP contribution in [0.2, 0.25) is 13.1 Å². The van der Waals surface area contributed by atoms with Crippen LogP contribution in [-0.4, -0.2) is 20.8 Å². The zero-order valence-electron chi connectivity index (χ0n) is 26.9. The van der Waals surface area contributed by atoms with E-state index >= 15 is 0 Å². The zero-order valence-corrected chi connectivity index (χ0v) is 28.1. The number of hydrogen-bond acceptors (Lipinski definition) is 3. The van der Waals surface area contributed by atoms with Crippen LogP contribution in [-0.2, 0) is 0 Å². The summed E-state index contributed by atoms with van der Waals surface area (Å²) in [6.45, 7) is 4.87. The maximum atomic E-state index is 5.39. The molecule has 2 aliphatic rings. The number of aliphatic imine (C=N–C) groups is 1. The molecule has 1 aliphatic carbocycles. The molecule has 6 aromatic carbocycles. The first-order valence-corrected chi connectivity index (χ1v) is 19.7. The highest BCUT2D eigenvalue weighted by molar-refractivity contribution is 6.74. The van der Waals surface area contributed by atoms with Gasteiger partial charge in [-0.1, -0.05) is 159 Å². The van der Waals surface area contributed by atoms with E-state index in [0.29, 0.717) is 0 Å². The van der Waals surface area contributed by atoms with Crippen LogP contribution < -0.4 is 15.8 Å². The van der Waals surface area contributed by atoms with Gasteiger partial charge in [-0.3, -0.25) is 5.32 Å². The Kier molecular flexibility index (Phi) is 7.90. The van der Waals surface area contributed by atoms with E-state index in [9.17, 15) is 0 Å². The minimum atomic E-state index is -1.18. The molecule has 0 amide bonds. The van der Waals surface area contributed by atoms with Crippen LogP contribution in [0.4, 0.5) is 0 Å². The van der Waals surface area contributed by atoms with Crippen LogP contribution in [0.15, 0.2) is 157 Å². The second-order valence-electron chi connectivity index (χ2n) is 13.0. The summed E-state index contributed by atoms with van der Waals surface area (Å²) in [5.74, 6) is 1.23. The van der Waals surface area contributed by atoms with Crippen LogP contribution >= 0.6 is 0 Å². The summed E-state index contributed by atoms with van der Waals surface area (Å²) in [6.07, 6.45) is 9.66. The topological polar surface area (TPSA) is 36.4 Å². The van der Waals surface area contributed by atoms with Crippen molar-refractivity contribution >= 4 is 41.4 Å². The van der Waals surface area contributed by atoms with E-state index in [1.54, 1.807) is 0 Å². The lowest BCUT2D eigenvalue weighted by atomic mass is 9.93. The molecular formula is C43H39N3Si. The van der Waals surface area contributed by atoms with Gasteiger partial charge >= 0.3 is 0 Å². The van der Waals surface area contributed by atoms with Crippen molar-refractivity contribution in [3.05, 3.63) is 163 Å². The van der Waals surface area contributed by atoms with Gasteiger partial charge in [0.15, 0.2) is 0 Å². The zero-order chi connectivity index (χ0) is 31.7. The van der Waals surface area contributed by atoms with E-state index in [4.69, 9.17) is 4.99 Å². The Bertz CT molecular complexity index is 2180. The summed E-state index contributed by atoms with van der Waals surface area (Å²) in [7, 11) is -1.18. The van der Waals surface area contributed by atoms with E-state index in [0.717, 1.165) is 17.8 Å². The summed E-state index contributed by atoms with van der Waals surface area (Å²) < 4.78 is 0. The Labute approximate surface area is 279 Å². The number of amidine groups is 1. The SMILES string of the molecule is C[SiH](C)c1c(-c2ccccc2C2=NC(C3C=CC=CC3)NC(c3ccc(-c4ccc5ccccc5c4)cc3)N2)ccc2ccccc12. The first-order valence-electron chi connectivity index (χ1n) is 16.8. The molecule has 0 spiro atoms. The van der Waals surface area contributed by atoms with Gasteiger partial charge in [-0.2, -0.15) is 0 Å². The highest BCUT2D eigenvalue weighted by atomic mass is 28.3. The van der Waals surface area contributed by atoms with Crippen LogP contribution in [0.5, 0.6) is 0 Å². The van der Waals surface area contributed by atoms with Gasteiger partial charge in [-0.15, -0.1) is 0 Å². The highest BCUT2D eigenvalue weighted by Crippen LogP contribution is 2.31. The largest absolute Gasteiger partial charge is 0.350 e. The third-order valence-corrected chi connectivity index (χ3v) is 11.4. The Hall–Kier alpha value is -5.03. The van der Waals surface area contributed by atoms with Crippen molar-refractivity contribution in [1.29, 1.82) is 0 Å². The number of rotatable bonds is 6. The van der Waals surface area contributed by atoms with E-state index in [2.05, 4.69) is 175 Å². The monoisotopic (exact) mass is 625 g/mol. The number of benzene rings is 6. The van der Waals surface area contributed by atoms with Gasteiger partial charge in [-0.25, -0.2) is 4.99 Å². The maximum absolute atomic E-state index is 5.39. The molecule has 6 aromatic rings. The quantitative estimate of drug-likeness (QED) is 0.181. The van der Waals surface area contributed by atoms with Crippen LogP contribution in [0.25, 0.3) is 43.8 Å². The molecule has 3 nitrogen and oxygen atoms in total. The third-order valence-electron chi connectivity index (χ3n) is 9.65. The fourth-order valence-electron chi connectivity index (χ4n) is 7.26. The number of fused-ring (bicyclic) bond motifs is 2. The maximum Gasteiger partial charge on any atom is 0.132 e. The normalized spacial score (nSPS) is 19.2. The molecule has 0 saturated heterocycles. The Morgan fingerprint density at radius 3 is 2.13 bits per heavy atom. The average Bonchev–Trinajstić information content (AvgIpc) is 3.14. The van der Waals surface area contributed by atoms with Gasteiger partial charge in [0.1, 0.15) is 18.2 Å². The first-order chi connectivity index (χ1) is 23.1. The standard InChI is InChI=1S/C43H39N3Si/c1-47(2)40-36-17-9-8-13-31(36)26-27-38(40)37-18-10-11-19-39(37)43-45-41(32-14-4-3-5-15-32)44-42(46-43)33-23-20-30(21-24-33)35-25-22-29-12-6-7-16-34(29)28-35/h3-14,16-28,32,41-42,44,47H,15H2,1-2H3,(H,45,46). The molecule has 1 heterocycles. The molecule has 3 unspecified atom stereocenters. The van der Waals surface area contributed by atoms with E-state index in [-0.39, 0.29) is 18.2 Å². The Balaban J connectivity index is 1.18. The lowest BCUT2D eigenvalue weighted by Gasteiger charge is -2.35. The molecule has 4 heteroatoms. The summed E-state index contributed by atoms with van der Waals surface area (Å²) >= 11 is 0. The second-order valence-corrected chi connectivity index (χ2v) is 15.9. The third kappa shape index (κ3) is 5.75. The number of hydrogen-bond donors (Lipinski definition) is 2. The molecule has 0 saturated carbocycles. The van der Waals surface area contributed by atoms with E-state index < -0.39 is 8.80 Å². The van der Waals surface area contributed by atoms with Crippen LogP contribution in [0, 0.1) is 5.92 Å². The van der Waals surface area contributed by atoms with Crippen LogP contribution in [0.1, 0.15) is 23.7 Å². The molecule has 0 bridgehead atoms. The van der Waals surface area contributed by atoms with Crippen molar-refractivity contribution in [2.24, 2.45) is 10.9 Å². The first kappa shape index (κ1) is 29.4. The lowest BCUT2D eigenvalue weighted by Crippen LogP contribution is -2.51. The molecule has 0 radical (unpaired) electrons. The van der Waals surface area contributed by atoms with Gasteiger partial charge in [-0.05, 0) is 67.0 Å². The number of nitrogens with zero attached hydrogens (tertiary/aromatic N) is 1. The molecule has 2 N–H and O–H groups in total. The van der Waals surface area contributed by atoms with Crippen molar-refractivity contribution < 1.29 is 0 Å². The number of allylic oxidation sites excluding steroid dienone is 3. The predicted molar refractivity (Wildman–Crippen MR) is 203 cm³/mol. The molecule has 230 valence electrons. The van der Waals surface area contributed by atoms with Gasteiger partial charge in [0, 0.05) is 11.5 Å². The van der Waals surface area contributed by atoms with Crippen molar-refractivity contribution in [3.63, 3.8) is 0 Å². The van der Waals surface area contributed by atoms with Crippen molar-refractivity contribution in [2.75, 3.05) is 0 Å². The lowest BCUT2D eigenvalue weighted by molar-refractivity contribution is 0.339. The molecule has 3 atom stereocenters. The molecule has 0 fully saturated rings. The van der Waals surface area contributed by atoms with Gasteiger partial charge < -0.3 is 5.32 Å². The van der Waals surface area contributed by atoms with Crippen molar-refractivity contribution in [1.82, 2.24) is 10.6 Å². The van der Waals surface area contributed by atoms with Gasteiger partial charge in [0.25, 0.3) is 0 Å². The summed E-state index contributed by atoms with van der Waals surface area (Å²) in [4.78, 5) is 5.39. The number of nitrogens with one attached hydrogen (secondary N) is 2. The summed E-state index contributed by atoms with van der Waals surface area (Å²) in [5, 5.41) is 14.4. The van der Waals surface area contributed by atoms with Crippen molar-refractivity contribution in [2.45, 2.75) is 31.8 Å². The van der Waals surface area contributed by atoms with Gasteiger partial charge in [0.05, 0.1) is 8.80 Å². The fourth-order valence-corrected chi connectivity index (χ4v) is 9.02. The van der Waals surface area contributed by atoms with E-state index in [1.165, 1.54) is 54.5 Å².